The van der Waals surface area contributed by atoms with Crippen molar-refractivity contribution in [3.63, 3.8) is 0 Å². The number of hydrogen-bond donors (Lipinski definition) is 2. The summed E-state index contributed by atoms with van der Waals surface area (Å²) in [5.41, 5.74) is 4.94. The zero-order valence-electron chi connectivity index (χ0n) is 11.1. The monoisotopic (exact) mass is 256 g/mol. The van der Waals surface area contributed by atoms with Crippen molar-refractivity contribution < 1.29 is 14.3 Å². The molecule has 104 valence electrons. The smallest absolute Gasteiger partial charge is 0.237 e. The minimum atomic E-state index is -0.574. The molecule has 2 rings (SSSR count). The van der Waals surface area contributed by atoms with Crippen LogP contribution >= 0.6 is 0 Å². The lowest BCUT2D eigenvalue weighted by Gasteiger charge is -2.38. The van der Waals surface area contributed by atoms with Crippen molar-refractivity contribution in [1.82, 2.24) is 5.32 Å². The number of likely N-dealkylation sites (N-methyl/N-ethyl adjacent to an activating group) is 1. The Balaban J connectivity index is 1.83. The lowest BCUT2D eigenvalue weighted by atomic mass is 9.79. The van der Waals surface area contributed by atoms with E-state index in [2.05, 4.69) is 5.32 Å². The van der Waals surface area contributed by atoms with Crippen molar-refractivity contribution in [1.29, 1.82) is 0 Å². The summed E-state index contributed by atoms with van der Waals surface area (Å²) in [5, 5.41) is 3.10. The van der Waals surface area contributed by atoms with Crippen LogP contribution in [-0.2, 0) is 14.3 Å². The third-order valence-corrected chi connectivity index (χ3v) is 4.25. The molecule has 2 aliphatic rings. The first kappa shape index (κ1) is 13.8. The Hall–Kier alpha value is -0.650. The van der Waals surface area contributed by atoms with Crippen LogP contribution in [0.5, 0.6) is 0 Å². The molecule has 1 saturated carbocycles. The quantitative estimate of drug-likeness (QED) is 0.748. The zero-order valence-corrected chi connectivity index (χ0v) is 11.1. The van der Waals surface area contributed by atoms with Gasteiger partial charge in [-0.2, -0.15) is 0 Å². The van der Waals surface area contributed by atoms with Gasteiger partial charge in [-0.15, -0.1) is 0 Å². The van der Waals surface area contributed by atoms with Gasteiger partial charge in [0, 0.05) is 18.9 Å². The molecular formula is C13H24N2O3. The predicted octanol–water partition coefficient (Wildman–Crippen LogP) is 0.426. The van der Waals surface area contributed by atoms with Gasteiger partial charge in [-0.25, -0.2) is 0 Å². The second-order valence-corrected chi connectivity index (χ2v) is 5.48. The first-order valence-corrected chi connectivity index (χ1v) is 6.84. The zero-order chi connectivity index (χ0) is 13.0. The van der Waals surface area contributed by atoms with Crippen LogP contribution in [0.1, 0.15) is 32.1 Å². The second kappa shape index (κ2) is 5.99. The third kappa shape index (κ3) is 3.02. The molecule has 0 aromatic rings. The minimum Gasteiger partial charge on any atom is -0.381 e. The molecule has 1 saturated heterocycles. The highest BCUT2D eigenvalue weighted by Gasteiger charge is 2.40. The SMILES string of the molecule is CNC1(C(N)=O)CCCC(OCC2CCOC2)C1. The largest absolute Gasteiger partial charge is 0.381 e. The molecule has 3 N–H and O–H groups in total. The highest BCUT2D eigenvalue weighted by molar-refractivity contribution is 5.84. The van der Waals surface area contributed by atoms with Gasteiger partial charge in [-0.05, 0) is 32.7 Å². The molecule has 1 heterocycles. The Morgan fingerprint density at radius 2 is 2.39 bits per heavy atom. The van der Waals surface area contributed by atoms with Gasteiger partial charge in [0.05, 0.1) is 24.9 Å². The fraction of sp³-hybridized carbons (Fsp3) is 0.923. The Labute approximate surface area is 108 Å². The molecule has 3 atom stereocenters. The molecule has 0 aromatic carbocycles. The van der Waals surface area contributed by atoms with E-state index in [1.54, 1.807) is 7.05 Å². The van der Waals surface area contributed by atoms with Crippen molar-refractivity contribution in [2.75, 3.05) is 26.9 Å². The number of amides is 1. The van der Waals surface area contributed by atoms with Gasteiger partial charge >= 0.3 is 0 Å². The third-order valence-electron chi connectivity index (χ3n) is 4.25. The molecule has 5 heteroatoms. The van der Waals surface area contributed by atoms with Crippen LogP contribution in [0.2, 0.25) is 0 Å². The summed E-state index contributed by atoms with van der Waals surface area (Å²) in [6.45, 7) is 2.39. The van der Waals surface area contributed by atoms with E-state index in [9.17, 15) is 4.79 Å². The van der Waals surface area contributed by atoms with Gasteiger partial charge in [0.25, 0.3) is 0 Å². The van der Waals surface area contributed by atoms with Crippen LogP contribution < -0.4 is 11.1 Å². The molecule has 18 heavy (non-hydrogen) atoms. The van der Waals surface area contributed by atoms with Crippen LogP contribution in [0.3, 0.4) is 0 Å². The number of primary amides is 1. The molecule has 1 amide bonds. The summed E-state index contributed by atoms with van der Waals surface area (Å²) < 4.78 is 11.3. The van der Waals surface area contributed by atoms with Gasteiger partial charge in [0.15, 0.2) is 0 Å². The van der Waals surface area contributed by atoms with Crippen LogP contribution in [0.15, 0.2) is 0 Å². The lowest BCUT2D eigenvalue weighted by molar-refractivity contribution is -0.128. The van der Waals surface area contributed by atoms with Gasteiger partial charge in [-0.1, -0.05) is 0 Å². The predicted molar refractivity (Wildman–Crippen MR) is 68.1 cm³/mol. The van der Waals surface area contributed by atoms with Crippen molar-refractivity contribution in [2.45, 2.75) is 43.7 Å². The molecule has 0 radical (unpaired) electrons. The summed E-state index contributed by atoms with van der Waals surface area (Å²) in [6.07, 6.45) is 4.72. The van der Waals surface area contributed by atoms with Crippen LogP contribution in [0.4, 0.5) is 0 Å². The maximum atomic E-state index is 11.6. The average molecular weight is 256 g/mol. The van der Waals surface area contributed by atoms with Gasteiger partial charge in [-0.3, -0.25) is 4.79 Å². The molecular weight excluding hydrogens is 232 g/mol. The van der Waals surface area contributed by atoms with Crippen LogP contribution in [0.25, 0.3) is 0 Å². The highest BCUT2D eigenvalue weighted by atomic mass is 16.5. The van der Waals surface area contributed by atoms with E-state index in [-0.39, 0.29) is 12.0 Å². The van der Waals surface area contributed by atoms with Crippen LogP contribution in [-0.4, -0.2) is 44.4 Å². The highest BCUT2D eigenvalue weighted by Crippen LogP contribution is 2.30. The Morgan fingerprint density at radius 1 is 1.56 bits per heavy atom. The first-order valence-electron chi connectivity index (χ1n) is 6.84. The number of carbonyl (C=O) groups is 1. The Kier molecular flexibility index (Phi) is 4.59. The molecule has 1 aliphatic carbocycles. The van der Waals surface area contributed by atoms with Crippen LogP contribution in [0, 0.1) is 5.92 Å². The number of nitrogens with two attached hydrogens (primary N) is 1. The van der Waals surface area contributed by atoms with Gasteiger partial charge < -0.3 is 20.5 Å². The maximum absolute atomic E-state index is 11.6. The summed E-state index contributed by atoms with van der Waals surface area (Å²) >= 11 is 0. The average Bonchev–Trinajstić information content (AvgIpc) is 2.89. The summed E-state index contributed by atoms with van der Waals surface area (Å²) in [7, 11) is 1.80. The number of rotatable bonds is 5. The molecule has 2 fully saturated rings. The summed E-state index contributed by atoms with van der Waals surface area (Å²) in [4.78, 5) is 11.6. The standard InChI is InChI=1S/C13H24N2O3/c1-15-13(12(14)16)5-2-3-11(7-13)18-9-10-4-6-17-8-10/h10-11,15H,2-9H2,1H3,(H2,14,16). The molecule has 1 aliphatic heterocycles. The van der Waals surface area contributed by atoms with E-state index >= 15 is 0 Å². The number of ether oxygens (including phenoxy) is 2. The van der Waals surface area contributed by atoms with E-state index in [4.69, 9.17) is 15.2 Å². The Morgan fingerprint density at radius 3 is 3.00 bits per heavy atom. The minimum absolute atomic E-state index is 0.138. The van der Waals surface area contributed by atoms with Gasteiger partial charge in [0.2, 0.25) is 5.91 Å². The van der Waals surface area contributed by atoms with Crippen molar-refractivity contribution >= 4 is 5.91 Å². The Bertz CT molecular complexity index is 292. The summed E-state index contributed by atoms with van der Waals surface area (Å²) in [5.74, 6) is 0.256. The van der Waals surface area contributed by atoms with E-state index in [1.807, 2.05) is 0 Å². The maximum Gasteiger partial charge on any atom is 0.237 e. The second-order valence-electron chi connectivity index (χ2n) is 5.48. The molecule has 0 aromatic heterocycles. The van der Waals surface area contributed by atoms with E-state index < -0.39 is 5.54 Å². The van der Waals surface area contributed by atoms with E-state index in [1.165, 1.54) is 0 Å². The lowest BCUT2D eigenvalue weighted by Crippen LogP contribution is -2.57. The number of carbonyl (C=O) groups excluding carboxylic acids is 1. The number of hydrogen-bond acceptors (Lipinski definition) is 4. The fourth-order valence-corrected chi connectivity index (χ4v) is 2.93. The fourth-order valence-electron chi connectivity index (χ4n) is 2.93. The molecule has 0 spiro atoms. The van der Waals surface area contributed by atoms with Gasteiger partial charge in [0.1, 0.15) is 0 Å². The van der Waals surface area contributed by atoms with Crippen molar-refractivity contribution in [2.24, 2.45) is 11.7 Å². The molecule has 5 nitrogen and oxygen atoms in total. The molecule has 3 unspecified atom stereocenters. The van der Waals surface area contributed by atoms with Crippen molar-refractivity contribution in [3.05, 3.63) is 0 Å². The number of nitrogens with one attached hydrogen (secondary N) is 1. The van der Waals surface area contributed by atoms with Crippen molar-refractivity contribution in [3.8, 4) is 0 Å². The normalized spacial score (nSPS) is 36.7. The van der Waals surface area contributed by atoms with E-state index in [0.29, 0.717) is 12.3 Å². The topological polar surface area (TPSA) is 73.6 Å². The molecule has 0 bridgehead atoms. The first-order chi connectivity index (χ1) is 8.66. The van der Waals surface area contributed by atoms with E-state index in [0.717, 1.165) is 45.5 Å². The summed E-state index contributed by atoms with van der Waals surface area (Å²) in [6, 6.07) is 0.